The van der Waals surface area contributed by atoms with Gasteiger partial charge in [0.25, 0.3) is 0 Å². The van der Waals surface area contributed by atoms with Crippen LogP contribution in [0.2, 0.25) is 0 Å². The molecule has 3 heteroatoms. The normalized spacial score (nSPS) is 9.50. The van der Waals surface area contributed by atoms with Crippen LogP contribution < -0.4 is 0 Å². The van der Waals surface area contributed by atoms with Gasteiger partial charge in [-0.15, -0.1) is 0 Å². The molecular weight excluding hydrogens is 178 g/mol. The van der Waals surface area contributed by atoms with Gasteiger partial charge in [-0.1, -0.05) is 6.07 Å². The Hall–Kier alpha value is -1.82. The number of nitrogens with zero attached hydrogens (tertiary/aromatic N) is 1. The molecule has 1 aromatic rings. The number of hydrogen-bond acceptors (Lipinski definition) is 2. The van der Waals surface area contributed by atoms with Gasteiger partial charge >= 0.3 is 5.97 Å². The van der Waals surface area contributed by atoms with Crippen molar-refractivity contribution in [2.45, 2.75) is 20.3 Å². The third kappa shape index (κ3) is 2.11. The minimum absolute atomic E-state index is 0.0256. The van der Waals surface area contributed by atoms with Crippen LogP contribution >= 0.6 is 0 Å². The average molecular weight is 189 g/mol. The van der Waals surface area contributed by atoms with Crippen LogP contribution in [0, 0.1) is 25.2 Å². The summed E-state index contributed by atoms with van der Waals surface area (Å²) in [5, 5.41) is 17.5. The van der Waals surface area contributed by atoms with Gasteiger partial charge in [-0.2, -0.15) is 5.26 Å². The molecule has 0 aliphatic heterocycles. The van der Waals surface area contributed by atoms with Gasteiger partial charge in [-0.05, 0) is 36.6 Å². The second-order valence-electron chi connectivity index (χ2n) is 3.28. The van der Waals surface area contributed by atoms with Crippen LogP contribution in [-0.4, -0.2) is 11.1 Å². The first-order valence-corrected chi connectivity index (χ1v) is 4.26. The Morgan fingerprint density at radius 2 is 2.14 bits per heavy atom. The highest BCUT2D eigenvalue weighted by atomic mass is 16.4. The second kappa shape index (κ2) is 3.93. The number of carbonyl (C=O) groups is 1. The zero-order valence-electron chi connectivity index (χ0n) is 8.16. The van der Waals surface area contributed by atoms with Crippen LogP contribution in [0.3, 0.4) is 0 Å². The Labute approximate surface area is 82.6 Å². The van der Waals surface area contributed by atoms with Crippen LogP contribution in [0.25, 0.3) is 0 Å². The highest BCUT2D eigenvalue weighted by Gasteiger charge is 2.08. The van der Waals surface area contributed by atoms with Crippen LogP contribution in [0.5, 0.6) is 0 Å². The van der Waals surface area contributed by atoms with Crippen molar-refractivity contribution in [2.75, 3.05) is 0 Å². The number of carboxylic acids is 1. The van der Waals surface area contributed by atoms with Crippen molar-refractivity contribution in [1.29, 1.82) is 5.26 Å². The van der Waals surface area contributed by atoms with Crippen molar-refractivity contribution in [3.8, 4) is 6.07 Å². The van der Waals surface area contributed by atoms with Gasteiger partial charge in [0, 0.05) is 0 Å². The number of carboxylic acid groups (broad SMARTS) is 1. The summed E-state index contributed by atoms with van der Waals surface area (Å²) in [4.78, 5) is 10.5. The van der Waals surface area contributed by atoms with Crippen LogP contribution in [-0.2, 0) is 11.2 Å². The smallest absolute Gasteiger partial charge is 0.307 e. The topological polar surface area (TPSA) is 61.1 Å². The van der Waals surface area contributed by atoms with E-state index in [2.05, 4.69) is 6.07 Å². The molecule has 1 rings (SSSR count). The molecule has 0 aliphatic rings. The fraction of sp³-hybridized carbons (Fsp3) is 0.273. The van der Waals surface area contributed by atoms with Crippen molar-refractivity contribution in [2.24, 2.45) is 0 Å². The zero-order chi connectivity index (χ0) is 10.7. The highest BCUT2D eigenvalue weighted by Crippen LogP contribution is 2.16. The molecule has 0 atom stereocenters. The van der Waals surface area contributed by atoms with Crippen molar-refractivity contribution in [3.05, 3.63) is 34.4 Å². The molecule has 3 nitrogen and oxygen atoms in total. The molecule has 0 unspecified atom stereocenters. The third-order valence-electron chi connectivity index (χ3n) is 2.12. The van der Waals surface area contributed by atoms with Crippen molar-refractivity contribution in [3.63, 3.8) is 0 Å². The quantitative estimate of drug-likeness (QED) is 0.771. The molecule has 0 amide bonds. The first-order valence-electron chi connectivity index (χ1n) is 4.26. The van der Waals surface area contributed by atoms with Gasteiger partial charge in [-0.3, -0.25) is 4.79 Å². The van der Waals surface area contributed by atoms with E-state index < -0.39 is 5.97 Å². The van der Waals surface area contributed by atoms with Gasteiger partial charge < -0.3 is 5.11 Å². The molecule has 0 aromatic heterocycles. The molecule has 72 valence electrons. The number of aryl methyl sites for hydroxylation is 1. The molecule has 0 heterocycles. The lowest BCUT2D eigenvalue weighted by Gasteiger charge is -2.06. The summed E-state index contributed by atoms with van der Waals surface area (Å²) in [5.41, 5.74) is 2.96. The Morgan fingerprint density at radius 1 is 1.50 bits per heavy atom. The highest BCUT2D eigenvalue weighted by molar-refractivity contribution is 5.71. The summed E-state index contributed by atoms with van der Waals surface area (Å²) >= 11 is 0. The van der Waals surface area contributed by atoms with E-state index in [1.807, 2.05) is 13.0 Å². The van der Waals surface area contributed by atoms with Gasteiger partial charge in [-0.25, -0.2) is 0 Å². The molecule has 1 N–H and O–H groups in total. The number of hydrogen-bond donors (Lipinski definition) is 1. The summed E-state index contributed by atoms with van der Waals surface area (Å²) in [6, 6.07) is 5.63. The SMILES string of the molecule is Cc1cc(C#N)c(C)c(CC(=O)O)c1. The predicted molar refractivity (Wildman–Crippen MR) is 52.0 cm³/mol. The fourth-order valence-electron chi connectivity index (χ4n) is 1.40. The van der Waals surface area contributed by atoms with Crippen LogP contribution in [0.4, 0.5) is 0 Å². The molecule has 0 radical (unpaired) electrons. The summed E-state index contributed by atoms with van der Waals surface area (Å²) in [6.45, 7) is 3.63. The van der Waals surface area contributed by atoms with E-state index in [1.54, 1.807) is 13.0 Å². The van der Waals surface area contributed by atoms with Gasteiger partial charge in [0.05, 0.1) is 18.1 Å². The zero-order valence-corrected chi connectivity index (χ0v) is 8.16. The van der Waals surface area contributed by atoms with E-state index in [0.29, 0.717) is 11.1 Å². The minimum Gasteiger partial charge on any atom is -0.481 e. The van der Waals surface area contributed by atoms with Crippen molar-refractivity contribution >= 4 is 5.97 Å². The van der Waals surface area contributed by atoms with Crippen molar-refractivity contribution in [1.82, 2.24) is 0 Å². The van der Waals surface area contributed by atoms with Crippen LogP contribution in [0.1, 0.15) is 22.3 Å². The van der Waals surface area contributed by atoms with Crippen molar-refractivity contribution < 1.29 is 9.90 Å². The van der Waals surface area contributed by atoms with E-state index in [4.69, 9.17) is 10.4 Å². The minimum atomic E-state index is -0.873. The number of rotatable bonds is 2. The molecule has 0 aliphatic carbocycles. The molecule has 0 saturated heterocycles. The lowest BCUT2D eigenvalue weighted by molar-refractivity contribution is -0.136. The van der Waals surface area contributed by atoms with E-state index in [-0.39, 0.29) is 6.42 Å². The first-order chi connectivity index (χ1) is 6.54. The summed E-state index contributed by atoms with van der Waals surface area (Å²) in [6.07, 6.45) is -0.0256. The molecule has 0 saturated carbocycles. The Kier molecular flexibility index (Phi) is 2.88. The maximum absolute atomic E-state index is 10.5. The Bertz CT molecular complexity index is 416. The molecule has 14 heavy (non-hydrogen) atoms. The standard InChI is InChI=1S/C11H11NO2/c1-7-3-9(5-11(13)14)8(2)10(4-7)6-12/h3-4H,5H2,1-2H3,(H,13,14). The second-order valence-corrected chi connectivity index (χ2v) is 3.28. The van der Waals surface area contributed by atoms with E-state index in [0.717, 1.165) is 11.1 Å². The van der Waals surface area contributed by atoms with E-state index in [9.17, 15) is 4.79 Å². The average Bonchev–Trinajstić information content (AvgIpc) is 2.09. The van der Waals surface area contributed by atoms with E-state index in [1.165, 1.54) is 0 Å². The monoisotopic (exact) mass is 189 g/mol. The predicted octanol–water partition coefficient (Wildman–Crippen LogP) is 1.80. The fourth-order valence-corrected chi connectivity index (χ4v) is 1.40. The maximum atomic E-state index is 10.5. The largest absolute Gasteiger partial charge is 0.481 e. The summed E-state index contributed by atoms with van der Waals surface area (Å²) < 4.78 is 0. The molecule has 0 spiro atoms. The van der Waals surface area contributed by atoms with Gasteiger partial charge in [0.2, 0.25) is 0 Å². The van der Waals surface area contributed by atoms with Gasteiger partial charge in [0.15, 0.2) is 0 Å². The third-order valence-corrected chi connectivity index (χ3v) is 2.12. The lowest BCUT2D eigenvalue weighted by Crippen LogP contribution is -2.03. The van der Waals surface area contributed by atoms with Gasteiger partial charge in [0.1, 0.15) is 0 Å². The van der Waals surface area contributed by atoms with Crippen LogP contribution in [0.15, 0.2) is 12.1 Å². The lowest BCUT2D eigenvalue weighted by atomic mass is 9.98. The summed E-state index contributed by atoms with van der Waals surface area (Å²) in [7, 11) is 0. The number of benzene rings is 1. The number of aliphatic carboxylic acids is 1. The first kappa shape index (κ1) is 10.3. The molecule has 0 fully saturated rings. The maximum Gasteiger partial charge on any atom is 0.307 e. The molecule has 1 aromatic carbocycles. The number of nitriles is 1. The molecular formula is C11H11NO2. The Balaban J connectivity index is 3.23. The molecule has 0 bridgehead atoms. The Morgan fingerprint density at radius 3 is 2.64 bits per heavy atom. The summed E-state index contributed by atoms with van der Waals surface area (Å²) in [5.74, 6) is -0.873. The van der Waals surface area contributed by atoms with E-state index >= 15 is 0 Å².